The SMILES string of the molecule is Cc1nn(C)c(C(=O)N2CCN3CCC[C@@H]3C2)c1Cl. The molecule has 0 spiro atoms. The molecule has 1 aromatic rings. The molecule has 5 nitrogen and oxygen atoms in total. The highest BCUT2D eigenvalue weighted by molar-refractivity contribution is 6.34. The van der Waals surface area contributed by atoms with Crippen LogP contribution in [0.4, 0.5) is 0 Å². The third kappa shape index (κ3) is 2.15. The zero-order valence-corrected chi connectivity index (χ0v) is 12.2. The molecule has 2 saturated heterocycles. The van der Waals surface area contributed by atoms with E-state index in [1.807, 2.05) is 11.8 Å². The number of aromatic nitrogens is 2. The van der Waals surface area contributed by atoms with Gasteiger partial charge in [0.05, 0.1) is 10.7 Å². The Morgan fingerprint density at radius 1 is 1.37 bits per heavy atom. The molecule has 0 N–H and O–H groups in total. The number of amides is 1. The largest absolute Gasteiger partial charge is 0.334 e. The van der Waals surface area contributed by atoms with Gasteiger partial charge in [0.2, 0.25) is 0 Å². The Morgan fingerprint density at radius 3 is 2.84 bits per heavy atom. The molecule has 1 aromatic heterocycles. The van der Waals surface area contributed by atoms with Gasteiger partial charge in [-0.3, -0.25) is 14.4 Å². The average Bonchev–Trinajstić information content (AvgIpc) is 2.94. The quantitative estimate of drug-likeness (QED) is 0.780. The molecular weight excluding hydrogens is 264 g/mol. The number of fused-ring (bicyclic) bond motifs is 1. The maximum absolute atomic E-state index is 12.6. The first-order chi connectivity index (χ1) is 9.08. The second kappa shape index (κ2) is 4.80. The van der Waals surface area contributed by atoms with Crippen LogP contribution in [0.25, 0.3) is 0 Å². The Hall–Kier alpha value is -1.07. The van der Waals surface area contributed by atoms with E-state index in [0.29, 0.717) is 22.5 Å². The number of rotatable bonds is 1. The number of piperazine rings is 1. The summed E-state index contributed by atoms with van der Waals surface area (Å²) in [5.74, 6) is 0.0136. The number of carbonyl (C=O) groups is 1. The number of hydrogen-bond acceptors (Lipinski definition) is 3. The Balaban J connectivity index is 1.80. The summed E-state index contributed by atoms with van der Waals surface area (Å²) in [6.45, 7) is 5.59. The van der Waals surface area contributed by atoms with E-state index in [4.69, 9.17) is 11.6 Å². The minimum absolute atomic E-state index is 0.0136. The molecule has 2 aliphatic heterocycles. The smallest absolute Gasteiger partial charge is 0.273 e. The van der Waals surface area contributed by atoms with Crippen LogP contribution in [0.15, 0.2) is 0 Å². The Kier molecular flexibility index (Phi) is 3.27. The van der Waals surface area contributed by atoms with Crippen molar-refractivity contribution in [2.75, 3.05) is 26.2 Å². The van der Waals surface area contributed by atoms with Gasteiger partial charge in [-0.2, -0.15) is 5.10 Å². The maximum atomic E-state index is 12.6. The van der Waals surface area contributed by atoms with Crippen molar-refractivity contribution < 1.29 is 4.79 Å². The molecule has 0 bridgehead atoms. The van der Waals surface area contributed by atoms with Crippen LogP contribution in [-0.2, 0) is 7.05 Å². The summed E-state index contributed by atoms with van der Waals surface area (Å²) in [6.07, 6.45) is 2.44. The van der Waals surface area contributed by atoms with Crippen molar-refractivity contribution in [1.82, 2.24) is 19.6 Å². The third-order valence-electron chi connectivity index (χ3n) is 4.23. The van der Waals surface area contributed by atoms with Gasteiger partial charge in [0.1, 0.15) is 5.69 Å². The predicted octanol–water partition coefficient (Wildman–Crippen LogP) is 1.30. The Bertz CT molecular complexity index is 513. The zero-order chi connectivity index (χ0) is 13.6. The fraction of sp³-hybridized carbons (Fsp3) is 0.692. The van der Waals surface area contributed by atoms with Crippen molar-refractivity contribution in [2.45, 2.75) is 25.8 Å². The summed E-state index contributed by atoms with van der Waals surface area (Å²) in [5.41, 5.74) is 1.23. The second-order valence-electron chi connectivity index (χ2n) is 5.45. The molecule has 0 aliphatic carbocycles. The number of carbonyl (C=O) groups excluding carboxylic acids is 1. The molecule has 0 aromatic carbocycles. The summed E-state index contributed by atoms with van der Waals surface area (Å²) in [6, 6.07) is 0.533. The van der Waals surface area contributed by atoms with Gasteiger partial charge in [-0.1, -0.05) is 11.6 Å². The van der Waals surface area contributed by atoms with E-state index in [2.05, 4.69) is 10.00 Å². The Labute approximate surface area is 118 Å². The van der Waals surface area contributed by atoms with E-state index in [1.165, 1.54) is 19.4 Å². The minimum atomic E-state index is 0.0136. The van der Waals surface area contributed by atoms with Crippen LogP contribution in [0, 0.1) is 6.92 Å². The molecule has 0 radical (unpaired) electrons. The standard InChI is InChI=1S/C13H19ClN4O/c1-9-11(14)12(16(2)15-9)13(19)18-7-6-17-5-3-4-10(17)8-18/h10H,3-8H2,1-2H3/t10-/m1/s1. The monoisotopic (exact) mass is 282 g/mol. The lowest BCUT2D eigenvalue weighted by molar-refractivity contribution is 0.0561. The lowest BCUT2D eigenvalue weighted by Crippen LogP contribution is -2.52. The molecule has 104 valence electrons. The van der Waals surface area contributed by atoms with Gasteiger partial charge in [-0.15, -0.1) is 0 Å². The fourth-order valence-corrected chi connectivity index (χ4v) is 3.43. The number of halogens is 1. The van der Waals surface area contributed by atoms with Gasteiger partial charge in [-0.05, 0) is 26.3 Å². The molecule has 2 fully saturated rings. The first-order valence-corrected chi connectivity index (χ1v) is 7.18. The third-order valence-corrected chi connectivity index (χ3v) is 4.68. The number of nitrogens with zero attached hydrogens (tertiary/aromatic N) is 4. The number of aryl methyl sites for hydroxylation is 2. The van der Waals surface area contributed by atoms with Crippen LogP contribution in [0.2, 0.25) is 5.02 Å². The maximum Gasteiger partial charge on any atom is 0.273 e. The number of hydrogen-bond donors (Lipinski definition) is 0. The van der Waals surface area contributed by atoms with Crippen LogP contribution in [0.3, 0.4) is 0 Å². The molecule has 3 rings (SSSR count). The van der Waals surface area contributed by atoms with Gasteiger partial charge in [0.15, 0.2) is 0 Å². The normalized spacial score (nSPS) is 23.7. The van der Waals surface area contributed by atoms with Crippen molar-refractivity contribution in [3.63, 3.8) is 0 Å². The van der Waals surface area contributed by atoms with Gasteiger partial charge in [-0.25, -0.2) is 0 Å². The van der Waals surface area contributed by atoms with Crippen molar-refractivity contribution in [2.24, 2.45) is 7.05 Å². The average molecular weight is 283 g/mol. The topological polar surface area (TPSA) is 41.4 Å². The van der Waals surface area contributed by atoms with Crippen LogP contribution >= 0.6 is 11.6 Å². The molecule has 2 aliphatic rings. The van der Waals surface area contributed by atoms with Crippen molar-refractivity contribution >= 4 is 17.5 Å². The zero-order valence-electron chi connectivity index (χ0n) is 11.4. The van der Waals surface area contributed by atoms with Crippen LogP contribution in [-0.4, -0.2) is 57.7 Å². The summed E-state index contributed by atoms with van der Waals surface area (Å²) in [5, 5.41) is 4.71. The highest BCUT2D eigenvalue weighted by atomic mass is 35.5. The summed E-state index contributed by atoms with van der Waals surface area (Å²) in [7, 11) is 1.78. The van der Waals surface area contributed by atoms with Crippen LogP contribution < -0.4 is 0 Å². The van der Waals surface area contributed by atoms with Crippen molar-refractivity contribution in [1.29, 1.82) is 0 Å². The fourth-order valence-electron chi connectivity index (χ4n) is 3.19. The van der Waals surface area contributed by atoms with Crippen LogP contribution in [0.1, 0.15) is 29.0 Å². The second-order valence-corrected chi connectivity index (χ2v) is 5.83. The Morgan fingerprint density at radius 2 is 2.16 bits per heavy atom. The molecule has 3 heterocycles. The van der Waals surface area contributed by atoms with E-state index < -0.39 is 0 Å². The van der Waals surface area contributed by atoms with E-state index in [1.54, 1.807) is 11.7 Å². The van der Waals surface area contributed by atoms with Crippen molar-refractivity contribution in [3.05, 3.63) is 16.4 Å². The van der Waals surface area contributed by atoms with E-state index in [-0.39, 0.29) is 5.91 Å². The lowest BCUT2D eigenvalue weighted by atomic mass is 10.1. The molecule has 0 saturated carbocycles. The molecule has 1 atom stereocenters. The first kappa shape index (κ1) is 12.9. The summed E-state index contributed by atoms with van der Waals surface area (Å²) < 4.78 is 1.60. The van der Waals surface area contributed by atoms with Gasteiger partial charge >= 0.3 is 0 Å². The van der Waals surface area contributed by atoms with Gasteiger partial charge in [0.25, 0.3) is 5.91 Å². The molecule has 1 amide bonds. The van der Waals surface area contributed by atoms with E-state index in [9.17, 15) is 4.79 Å². The van der Waals surface area contributed by atoms with Gasteiger partial charge in [0, 0.05) is 32.7 Å². The molecular formula is C13H19ClN4O. The highest BCUT2D eigenvalue weighted by Gasteiger charge is 2.34. The van der Waals surface area contributed by atoms with E-state index in [0.717, 1.165) is 19.6 Å². The molecule has 0 unspecified atom stereocenters. The highest BCUT2D eigenvalue weighted by Crippen LogP contribution is 2.25. The minimum Gasteiger partial charge on any atom is -0.334 e. The van der Waals surface area contributed by atoms with E-state index >= 15 is 0 Å². The van der Waals surface area contributed by atoms with Crippen molar-refractivity contribution in [3.8, 4) is 0 Å². The summed E-state index contributed by atoms with van der Waals surface area (Å²) >= 11 is 6.20. The van der Waals surface area contributed by atoms with Gasteiger partial charge < -0.3 is 4.90 Å². The molecule has 6 heteroatoms. The van der Waals surface area contributed by atoms with Crippen LogP contribution in [0.5, 0.6) is 0 Å². The predicted molar refractivity (Wildman–Crippen MR) is 73.5 cm³/mol. The first-order valence-electron chi connectivity index (χ1n) is 6.80. The lowest BCUT2D eigenvalue weighted by Gasteiger charge is -2.37. The molecule has 19 heavy (non-hydrogen) atoms. The summed E-state index contributed by atoms with van der Waals surface area (Å²) in [4.78, 5) is 17.0.